The number of anilines is 1. The number of hydrogen-bond donors (Lipinski definition) is 1. The monoisotopic (exact) mass is 411 g/mol. The first-order valence-electron chi connectivity index (χ1n) is 11.5. The second-order valence-corrected chi connectivity index (χ2v) is 8.71. The van der Waals surface area contributed by atoms with Crippen LogP contribution >= 0.6 is 0 Å². The Morgan fingerprint density at radius 3 is 2.77 bits per heavy atom. The van der Waals surface area contributed by atoms with Crippen LogP contribution in [0.3, 0.4) is 0 Å². The summed E-state index contributed by atoms with van der Waals surface area (Å²) in [6.07, 6.45) is 8.20. The standard InChI is InChI=1S/C24H33N3O3/c1-28-22-15-19-21(16-23(22)30-12-4-9-27-10-13-29-14-11-27)26-20-6-3-2-5-18(20)24(19)25-17-7-8-17/h15-17H,2-14H2,1H3,(H,25,26). The van der Waals surface area contributed by atoms with Crippen molar-refractivity contribution < 1.29 is 14.2 Å². The van der Waals surface area contributed by atoms with E-state index in [2.05, 4.69) is 22.3 Å². The molecule has 1 saturated carbocycles. The minimum Gasteiger partial charge on any atom is -0.493 e. The molecule has 1 aliphatic heterocycles. The van der Waals surface area contributed by atoms with Crippen molar-refractivity contribution in [3.8, 4) is 11.5 Å². The zero-order valence-electron chi connectivity index (χ0n) is 18.0. The molecule has 2 heterocycles. The number of ether oxygens (including phenoxy) is 3. The number of morpholine rings is 1. The molecular weight excluding hydrogens is 378 g/mol. The topological polar surface area (TPSA) is 55.8 Å². The number of rotatable bonds is 8. The molecule has 2 aromatic rings. The fourth-order valence-electron chi connectivity index (χ4n) is 4.60. The highest BCUT2D eigenvalue weighted by Crippen LogP contribution is 2.41. The van der Waals surface area contributed by atoms with Gasteiger partial charge in [0, 0.05) is 48.5 Å². The molecule has 30 heavy (non-hydrogen) atoms. The molecule has 0 amide bonds. The highest BCUT2D eigenvalue weighted by molar-refractivity contribution is 5.96. The van der Waals surface area contributed by atoms with Crippen molar-refractivity contribution in [3.63, 3.8) is 0 Å². The van der Waals surface area contributed by atoms with Crippen LogP contribution in [0.1, 0.15) is 43.4 Å². The molecule has 6 heteroatoms. The average Bonchev–Trinajstić information content (AvgIpc) is 3.61. The number of pyridine rings is 1. The fraction of sp³-hybridized carbons (Fsp3) is 0.625. The maximum atomic E-state index is 6.16. The maximum absolute atomic E-state index is 6.16. The van der Waals surface area contributed by atoms with Crippen LogP contribution in [0.25, 0.3) is 10.9 Å². The minimum absolute atomic E-state index is 0.615. The SMILES string of the molecule is COc1cc2c(NC3CC3)c3c(nc2cc1OCCCN1CCOCC1)CCCC3. The quantitative estimate of drug-likeness (QED) is 0.667. The van der Waals surface area contributed by atoms with E-state index < -0.39 is 0 Å². The molecule has 6 nitrogen and oxygen atoms in total. The van der Waals surface area contributed by atoms with E-state index in [1.807, 2.05) is 0 Å². The van der Waals surface area contributed by atoms with Gasteiger partial charge in [-0.15, -0.1) is 0 Å². The van der Waals surface area contributed by atoms with Gasteiger partial charge in [-0.1, -0.05) is 0 Å². The summed E-state index contributed by atoms with van der Waals surface area (Å²) < 4.78 is 17.3. The van der Waals surface area contributed by atoms with Crippen molar-refractivity contribution >= 4 is 16.6 Å². The summed E-state index contributed by atoms with van der Waals surface area (Å²) in [5.41, 5.74) is 4.99. The number of benzene rings is 1. The maximum Gasteiger partial charge on any atom is 0.163 e. The predicted molar refractivity (Wildman–Crippen MR) is 119 cm³/mol. The van der Waals surface area contributed by atoms with Crippen molar-refractivity contribution in [2.24, 2.45) is 0 Å². The lowest BCUT2D eigenvalue weighted by molar-refractivity contribution is 0.0357. The van der Waals surface area contributed by atoms with Crippen molar-refractivity contribution in [2.45, 2.75) is 51.0 Å². The Morgan fingerprint density at radius 1 is 1.13 bits per heavy atom. The van der Waals surface area contributed by atoms with Crippen molar-refractivity contribution in [3.05, 3.63) is 23.4 Å². The molecule has 0 radical (unpaired) electrons. The summed E-state index contributed by atoms with van der Waals surface area (Å²) in [6, 6.07) is 4.82. The summed E-state index contributed by atoms with van der Waals surface area (Å²) in [6.45, 7) is 5.44. The zero-order valence-corrected chi connectivity index (χ0v) is 18.0. The molecule has 5 rings (SSSR count). The number of hydrogen-bond acceptors (Lipinski definition) is 6. The van der Waals surface area contributed by atoms with E-state index in [1.165, 1.54) is 48.0 Å². The van der Waals surface area contributed by atoms with Gasteiger partial charge in [0.15, 0.2) is 11.5 Å². The summed E-state index contributed by atoms with van der Waals surface area (Å²) in [7, 11) is 1.72. The molecule has 0 unspecified atom stereocenters. The van der Waals surface area contributed by atoms with Crippen LogP contribution in [0.4, 0.5) is 5.69 Å². The summed E-state index contributed by atoms with van der Waals surface area (Å²) >= 11 is 0. The van der Waals surface area contributed by atoms with Gasteiger partial charge in [0.2, 0.25) is 0 Å². The first-order valence-corrected chi connectivity index (χ1v) is 11.5. The summed E-state index contributed by atoms with van der Waals surface area (Å²) in [5.74, 6) is 1.60. The first kappa shape index (κ1) is 19.9. The lowest BCUT2D eigenvalue weighted by atomic mass is 9.92. The third-order valence-corrected chi connectivity index (χ3v) is 6.45. The smallest absolute Gasteiger partial charge is 0.163 e. The minimum atomic E-state index is 0.615. The summed E-state index contributed by atoms with van der Waals surface area (Å²) in [5, 5.41) is 4.96. The van der Waals surface area contributed by atoms with E-state index in [0.29, 0.717) is 12.6 Å². The van der Waals surface area contributed by atoms with Gasteiger partial charge in [-0.25, -0.2) is 0 Å². The molecule has 2 aliphatic carbocycles. The van der Waals surface area contributed by atoms with Gasteiger partial charge in [-0.3, -0.25) is 9.88 Å². The first-order chi connectivity index (χ1) is 14.8. The molecule has 1 aromatic carbocycles. The molecule has 3 aliphatic rings. The van der Waals surface area contributed by atoms with E-state index >= 15 is 0 Å². The number of aromatic nitrogens is 1. The Labute approximate surface area is 178 Å². The largest absolute Gasteiger partial charge is 0.493 e. The van der Waals surface area contributed by atoms with E-state index in [9.17, 15) is 0 Å². The highest BCUT2D eigenvalue weighted by atomic mass is 16.5. The third-order valence-electron chi connectivity index (χ3n) is 6.45. The Balaban J connectivity index is 1.37. The number of nitrogens with one attached hydrogen (secondary N) is 1. The Morgan fingerprint density at radius 2 is 1.97 bits per heavy atom. The van der Waals surface area contributed by atoms with Crippen molar-refractivity contribution in [2.75, 3.05) is 51.9 Å². The van der Waals surface area contributed by atoms with Gasteiger partial charge in [0.25, 0.3) is 0 Å². The van der Waals surface area contributed by atoms with Crippen LogP contribution in [0, 0.1) is 0 Å². The van der Waals surface area contributed by atoms with E-state index in [4.69, 9.17) is 19.2 Å². The molecule has 1 aromatic heterocycles. The Hall–Kier alpha value is -2.05. The van der Waals surface area contributed by atoms with Crippen LogP contribution in [-0.4, -0.2) is 62.5 Å². The number of nitrogens with zero attached hydrogens (tertiary/aromatic N) is 2. The molecule has 0 atom stereocenters. The Bertz CT molecular complexity index is 891. The fourth-order valence-corrected chi connectivity index (χ4v) is 4.60. The summed E-state index contributed by atoms with van der Waals surface area (Å²) in [4.78, 5) is 7.48. The number of fused-ring (bicyclic) bond motifs is 2. The van der Waals surface area contributed by atoms with Crippen molar-refractivity contribution in [1.82, 2.24) is 9.88 Å². The van der Waals surface area contributed by atoms with E-state index in [1.54, 1.807) is 7.11 Å². The third kappa shape index (κ3) is 4.35. The lowest BCUT2D eigenvalue weighted by Gasteiger charge is -2.26. The van der Waals surface area contributed by atoms with Crippen LogP contribution in [0.15, 0.2) is 12.1 Å². The number of methoxy groups -OCH3 is 1. The van der Waals surface area contributed by atoms with Crippen LogP contribution in [-0.2, 0) is 17.6 Å². The molecule has 1 saturated heterocycles. The van der Waals surface area contributed by atoms with Gasteiger partial charge in [-0.05, 0) is 56.6 Å². The average molecular weight is 412 g/mol. The lowest BCUT2D eigenvalue weighted by Crippen LogP contribution is -2.37. The van der Waals surface area contributed by atoms with Gasteiger partial charge in [0.05, 0.1) is 32.4 Å². The van der Waals surface area contributed by atoms with E-state index in [0.717, 1.165) is 69.1 Å². The molecule has 0 spiro atoms. The normalized spacial score (nSPS) is 19.5. The molecule has 0 bridgehead atoms. The van der Waals surface area contributed by atoms with E-state index in [-0.39, 0.29) is 0 Å². The number of aryl methyl sites for hydroxylation is 1. The van der Waals surface area contributed by atoms with Crippen LogP contribution in [0.5, 0.6) is 11.5 Å². The predicted octanol–water partition coefficient (Wildman–Crippen LogP) is 3.80. The Kier molecular flexibility index (Phi) is 5.95. The van der Waals surface area contributed by atoms with Gasteiger partial charge < -0.3 is 19.5 Å². The molecule has 162 valence electrons. The molecule has 2 fully saturated rings. The molecule has 1 N–H and O–H groups in total. The van der Waals surface area contributed by atoms with Crippen LogP contribution in [0.2, 0.25) is 0 Å². The van der Waals surface area contributed by atoms with Gasteiger partial charge in [-0.2, -0.15) is 0 Å². The second-order valence-electron chi connectivity index (χ2n) is 8.71. The van der Waals surface area contributed by atoms with Crippen LogP contribution < -0.4 is 14.8 Å². The van der Waals surface area contributed by atoms with Gasteiger partial charge in [0.1, 0.15) is 0 Å². The highest BCUT2D eigenvalue weighted by Gasteiger charge is 2.26. The van der Waals surface area contributed by atoms with Gasteiger partial charge >= 0.3 is 0 Å². The molecular formula is C24H33N3O3. The van der Waals surface area contributed by atoms with Crippen molar-refractivity contribution in [1.29, 1.82) is 0 Å². The second kappa shape index (κ2) is 8.98. The zero-order chi connectivity index (χ0) is 20.3.